The van der Waals surface area contributed by atoms with E-state index in [0.717, 1.165) is 23.2 Å². The van der Waals surface area contributed by atoms with Crippen molar-refractivity contribution < 1.29 is 18.1 Å². The molecule has 1 atom stereocenters. The molecule has 3 rings (SSSR count). The molecule has 1 heterocycles. The van der Waals surface area contributed by atoms with E-state index in [0.29, 0.717) is 18.7 Å². The number of benzene rings is 2. The maximum Gasteiger partial charge on any atom is 0.289 e. The Balaban J connectivity index is 2.16. The van der Waals surface area contributed by atoms with Crippen LogP contribution in [0, 0.1) is 10.1 Å². The monoisotopic (exact) mass is 429 g/mol. The Bertz CT molecular complexity index is 1030. The van der Waals surface area contributed by atoms with E-state index in [1.54, 1.807) is 35.2 Å². The van der Waals surface area contributed by atoms with Gasteiger partial charge in [-0.25, -0.2) is 8.42 Å². The minimum Gasteiger partial charge on any atom is -0.341 e. The third-order valence-corrected chi connectivity index (χ3v) is 6.89. The van der Waals surface area contributed by atoms with E-state index < -0.39 is 31.6 Å². The first-order chi connectivity index (χ1) is 14.4. The average molecular weight is 429 g/mol. The Morgan fingerprint density at radius 2 is 1.73 bits per heavy atom. The van der Waals surface area contributed by atoms with Crippen molar-refractivity contribution in [2.75, 3.05) is 19.6 Å². The summed E-state index contributed by atoms with van der Waals surface area (Å²) in [5.41, 5.74) is -0.0367. The molecule has 1 saturated heterocycles. The SMILES string of the molecule is C=CCN(C(C(=O)N1CCCC1)c1ccccc1)S(=O)(=O)c1ccccc1[N+](=O)[O-]. The van der Waals surface area contributed by atoms with E-state index >= 15 is 0 Å². The van der Waals surface area contributed by atoms with Crippen molar-refractivity contribution in [2.24, 2.45) is 0 Å². The van der Waals surface area contributed by atoms with E-state index in [2.05, 4.69) is 6.58 Å². The maximum atomic E-state index is 13.6. The Labute approximate surface area is 175 Å². The van der Waals surface area contributed by atoms with Gasteiger partial charge in [-0.3, -0.25) is 14.9 Å². The molecule has 0 N–H and O–H groups in total. The van der Waals surface area contributed by atoms with Crippen molar-refractivity contribution >= 4 is 21.6 Å². The highest BCUT2D eigenvalue weighted by Gasteiger charge is 2.41. The van der Waals surface area contributed by atoms with Crippen molar-refractivity contribution in [1.29, 1.82) is 0 Å². The van der Waals surface area contributed by atoms with E-state index in [9.17, 15) is 23.3 Å². The minimum absolute atomic E-state index is 0.173. The van der Waals surface area contributed by atoms with Gasteiger partial charge in [0.1, 0.15) is 6.04 Å². The fourth-order valence-corrected chi connectivity index (χ4v) is 5.30. The first-order valence-electron chi connectivity index (χ1n) is 9.58. The molecular weight excluding hydrogens is 406 g/mol. The minimum atomic E-state index is -4.39. The summed E-state index contributed by atoms with van der Waals surface area (Å²) in [5, 5.41) is 11.5. The smallest absolute Gasteiger partial charge is 0.289 e. The number of carbonyl (C=O) groups is 1. The van der Waals surface area contributed by atoms with Crippen LogP contribution in [0.15, 0.2) is 72.1 Å². The number of amides is 1. The molecule has 1 fully saturated rings. The number of nitro groups is 1. The Morgan fingerprint density at radius 3 is 2.33 bits per heavy atom. The summed E-state index contributed by atoms with van der Waals surface area (Å²) in [5.74, 6) is -0.345. The van der Waals surface area contributed by atoms with Gasteiger partial charge in [-0.05, 0) is 24.5 Å². The average Bonchev–Trinajstić information content (AvgIpc) is 3.29. The van der Waals surface area contributed by atoms with Crippen LogP contribution in [0.1, 0.15) is 24.4 Å². The predicted octanol–water partition coefficient (Wildman–Crippen LogP) is 3.14. The van der Waals surface area contributed by atoms with E-state index in [-0.39, 0.29) is 12.5 Å². The summed E-state index contributed by atoms with van der Waals surface area (Å²) >= 11 is 0. The van der Waals surface area contributed by atoms with Crippen molar-refractivity contribution in [3.63, 3.8) is 0 Å². The molecule has 8 nitrogen and oxygen atoms in total. The summed E-state index contributed by atoms with van der Waals surface area (Å²) in [6.45, 7) is 4.56. The van der Waals surface area contributed by atoms with Crippen LogP contribution in [0.3, 0.4) is 0 Å². The van der Waals surface area contributed by atoms with Crippen LogP contribution in [0.25, 0.3) is 0 Å². The lowest BCUT2D eigenvalue weighted by molar-refractivity contribution is -0.387. The van der Waals surface area contributed by atoms with Gasteiger partial charge in [0.2, 0.25) is 5.91 Å². The normalized spacial score (nSPS) is 15.2. The molecule has 0 saturated carbocycles. The Hall–Kier alpha value is -3.04. The van der Waals surface area contributed by atoms with Gasteiger partial charge < -0.3 is 4.90 Å². The lowest BCUT2D eigenvalue weighted by Crippen LogP contribution is -2.44. The summed E-state index contributed by atoms with van der Waals surface area (Å²) in [6.07, 6.45) is 3.08. The zero-order valence-electron chi connectivity index (χ0n) is 16.4. The molecule has 158 valence electrons. The number of likely N-dealkylation sites (tertiary alicyclic amines) is 1. The number of nitrogens with zero attached hydrogens (tertiary/aromatic N) is 3. The molecule has 30 heavy (non-hydrogen) atoms. The molecule has 0 aliphatic carbocycles. The topological polar surface area (TPSA) is 101 Å². The molecule has 9 heteroatoms. The number of hydrogen-bond donors (Lipinski definition) is 0. The second-order valence-corrected chi connectivity index (χ2v) is 8.79. The summed E-state index contributed by atoms with van der Waals surface area (Å²) in [7, 11) is -4.39. The van der Waals surface area contributed by atoms with Crippen LogP contribution >= 0.6 is 0 Å². The van der Waals surface area contributed by atoms with Gasteiger partial charge in [0, 0.05) is 25.7 Å². The number of carbonyl (C=O) groups excluding carboxylic acids is 1. The van der Waals surface area contributed by atoms with Crippen LogP contribution < -0.4 is 0 Å². The molecule has 0 bridgehead atoms. The van der Waals surface area contributed by atoms with Gasteiger partial charge in [0.15, 0.2) is 4.90 Å². The third-order valence-electron chi connectivity index (χ3n) is 5.01. The molecule has 0 aromatic heterocycles. The van der Waals surface area contributed by atoms with Crippen LogP contribution in [0.5, 0.6) is 0 Å². The quantitative estimate of drug-likeness (QED) is 0.365. The second kappa shape index (κ2) is 9.19. The Kier molecular flexibility index (Phi) is 6.63. The van der Waals surface area contributed by atoms with Gasteiger partial charge in [-0.1, -0.05) is 48.5 Å². The molecule has 1 aliphatic heterocycles. The van der Waals surface area contributed by atoms with Crippen LogP contribution in [-0.4, -0.2) is 48.1 Å². The molecule has 1 amide bonds. The van der Waals surface area contributed by atoms with Crippen LogP contribution in [0.2, 0.25) is 0 Å². The highest BCUT2D eigenvalue weighted by Crippen LogP contribution is 2.34. The van der Waals surface area contributed by atoms with Crippen molar-refractivity contribution in [2.45, 2.75) is 23.8 Å². The van der Waals surface area contributed by atoms with Gasteiger partial charge in [0.25, 0.3) is 15.7 Å². The van der Waals surface area contributed by atoms with Crippen molar-refractivity contribution in [3.8, 4) is 0 Å². The van der Waals surface area contributed by atoms with Gasteiger partial charge >= 0.3 is 0 Å². The third kappa shape index (κ3) is 4.27. The fourth-order valence-electron chi connectivity index (χ4n) is 3.60. The summed E-state index contributed by atoms with van der Waals surface area (Å²) in [6, 6.07) is 12.6. The van der Waals surface area contributed by atoms with Crippen molar-refractivity contribution in [3.05, 3.63) is 82.9 Å². The zero-order chi connectivity index (χ0) is 21.7. The molecule has 2 aromatic carbocycles. The summed E-state index contributed by atoms with van der Waals surface area (Å²) < 4.78 is 28.2. The molecule has 0 spiro atoms. The van der Waals surface area contributed by atoms with E-state index in [1.165, 1.54) is 24.3 Å². The first-order valence-corrected chi connectivity index (χ1v) is 11.0. The number of hydrogen-bond acceptors (Lipinski definition) is 5. The fraction of sp³-hybridized carbons (Fsp3) is 0.286. The molecular formula is C21H23N3O5S. The standard InChI is InChI=1S/C21H23N3O5S/c1-2-14-23(30(28,29)19-13-7-6-12-18(19)24(26)27)20(17-10-4-3-5-11-17)21(25)22-15-8-9-16-22/h2-7,10-13,20H,1,8-9,14-16H2. The maximum absolute atomic E-state index is 13.6. The van der Waals surface area contributed by atoms with Gasteiger partial charge in [-0.15, -0.1) is 6.58 Å². The number of rotatable bonds is 8. The largest absolute Gasteiger partial charge is 0.341 e. The number of nitro benzene ring substituents is 1. The Morgan fingerprint density at radius 1 is 1.13 bits per heavy atom. The van der Waals surface area contributed by atoms with Crippen LogP contribution in [-0.2, 0) is 14.8 Å². The van der Waals surface area contributed by atoms with Gasteiger partial charge in [-0.2, -0.15) is 4.31 Å². The lowest BCUT2D eigenvalue weighted by Gasteiger charge is -2.32. The van der Waals surface area contributed by atoms with Gasteiger partial charge in [0.05, 0.1) is 4.92 Å². The molecule has 1 unspecified atom stereocenters. The lowest BCUT2D eigenvalue weighted by atomic mass is 10.1. The highest BCUT2D eigenvalue weighted by atomic mass is 32.2. The first kappa shape index (κ1) is 21.7. The second-order valence-electron chi connectivity index (χ2n) is 6.93. The van der Waals surface area contributed by atoms with E-state index in [1.807, 2.05) is 0 Å². The number of para-hydroxylation sites is 1. The van der Waals surface area contributed by atoms with E-state index in [4.69, 9.17) is 0 Å². The zero-order valence-corrected chi connectivity index (χ0v) is 17.2. The molecule has 1 aliphatic rings. The summed E-state index contributed by atoms with van der Waals surface area (Å²) in [4.78, 5) is 25.3. The molecule has 2 aromatic rings. The highest BCUT2D eigenvalue weighted by molar-refractivity contribution is 7.89. The van der Waals surface area contributed by atoms with Crippen LogP contribution in [0.4, 0.5) is 5.69 Å². The predicted molar refractivity (Wildman–Crippen MR) is 112 cm³/mol. The molecule has 0 radical (unpaired) electrons. The number of sulfonamides is 1. The van der Waals surface area contributed by atoms with Crippen molar-refractivity contribution in [1.82, 2.24) is 9.21 Å².